The molecule has 0 bridgehead atoms. The molecule has 19 heavy (non-hydrogen) atoms. The van der Waals surface area contributed by atoms with Crippen LogP contribution >= 0.6 is 15.9 Å². The van der Waals surface area contributed by atoms with Crippen LogP contribution in [0, 0.1) is 15.9 Å². The normalized spacial score (nSPS) is 10.2. The quantitative estimate of drug-likeness (QED) is 0.475. The van der Waals surface area contributed by atoms with Crippen molar-refractivity contribution in [3.63, 3.8) is 0 Å². The number of nitro groups is 1. The third kappa shape index (κ3) is 3.08. The van der Waals surface area contributed by atoms with Gasteiger partial charge < -0.3 is 4.74 Å². The van der Waals surface area contributed by atoms with Crippen LogP contribution in [0.25, 0.3) is 0 Å². The number of halogens is 2. The number of rotatable bonds is 4. The summed E-state index contributed by atoms with van der Waals surface area (Å²) in [6, 6.07) is 10.2. The van der Waals surface area contributed by atoms with E-state index in [1.165, 1.54) is 30.3 Å². The van der Waals surface area contributed by atoms with Gasteiger partial charge >= 0.3 is 0 Å². The first-order valence-electron chi connectivity index (χ1n) is 5.37. The largest absolute Gasteiger partial charge is 0.454 e. The molecule has 2 rings (SSSR count). The van der Waals surface area contributed by atoms with E-state index in [0.29, 0.717) is 16.6 Å². The van der Waals surface area contributed by atoms with Gasteiger partial charge in [0, 0.05) is 23.0 Å². The van der Waals surface area contributed by atoms with E-state index in [4.69, 9.17) is 4.74 Å². The van der Waals surface area contributed by atoms with Crippen LogP contribution in [-0.4, -0.2) is 4.92 Å². The number of non-ortho nitro benzene ring substituents is 1. The van der Waals surface area contributed by atoms with Crippen LogP contribution in [-0.2, 0) is 5.33 Å². The lowest BCUT2D eigenvalue weighted by Gasteiger charge is -2.10. The molecule has 0 aromatic heterocycles. The molecule has 0 aliphatic heterocycles. The molecule has 2 aromatic carbocycles. The molecule has 0 unspecified atom stereocenters. The van der Waals surface area contributed by atoms with Gasteiger partial charge in [0.1, 0.15) is 5.75 Å². The Hall–Kier alpha value is -1.95. The summed E-state index contributed by atoms with van der Waals surface area (Å²) in [6.07, 6.45) is 0. The van der Waals surface area contributed by atoms with E-state index in [-0.39, 0.29) is 11.4 Å². The highest BCUT2D eigenvalue weighted by atomic mass is 79.9. The molecule has 0 spiro atoms. The Kier molecular flexibility index (Phi) is 4.11. The molecule has 0 aliphatic rings. The predicted molar refractivity (Wildman–Crippen MR) is 72.2 cm³/mol. The maximum absolute atomic E-state index is 13.5. The number of ether oxygens (including phenoxy) is 1. The van der Waals surface area contributed by atoms with Gasteiger partial charge in [0.05, 0.1) is 4.92 Å². The van der Waals surface area contributed by atoms with E-state index < -0.39 is 10.7 Å². The third-order valence-electron chi connectivity index (χ3n) is 2.46. The van der Waals surface area contributed by atoms with Crippen LogP contribution in [0.15, 0.2) is 42.5 Å². The first-order chi connectivity index (χ1) is 9.11. The van der Waals surface area contributed by atoms with Gasteiger partial charge in [0.15, 0.2) is 11.6 Å². The minimum Gasteiger partial charge on any atom is -0.454 e. The molecule has 6 heteroatoms. The SMILES string of the molecule is O=[N+]([O-])c1ccc(Oc2ccccc2F)c(CBr)c1. The first-order valence-corrected chi connectivity index (χ1v) is 6.49. The molecule has 0 N–H and O–H groups in total. The van der Waals surface area contributed by atoms with Gasteiger partial charge in [-0.2, -0.15) is 0 Å². The van der Waals surface area contributed by atoms with Crippen LogP contribution in [0.4, 0.5) is 10.1 Å². The predicted octanol–water partition coefficient (Wildman–Crippen LogP) is 4.42. The number of benzene rings is 2. The van der Waals surface area contributed by atoms with Crippen molar-refractivity contribution < 1.29 is 14.1 Å². The Labute approximate surface area is 117 Å². The van der Waals surface area contributed by atoms with Crippen molar-refractivity contribution in [2.75, 3.05) is 0 Å². The van der Waals surface area contributed by atoms with E-state index in [2.05, 4.69) is 15.9 Å². The van der Waals surface area contributed by atoms with Crippen molar-refractivity contribution in [3.05, 3.63) is 64.0 Å². The lowest BCUT2D eigenvalue weighted by Crippen LogP contribution is -1.94. The average Bonchev–Trinajstić information content (AvgIpc) is 2.41. The summed E-state index contributed by atoms with van der Waals surface area (Å²) in [5.74, 6) is -0.0208. The lowest BCUT2D eigenvalue weighted by molar-refractivity contribution is -0.384. The minimum absolute atomic E-state index is 0.0321. The van der Waals surface area contributed by atoms with Crippen LogP contribution < -0.4 is 4.74 Å². The Bertz CT molecular complexity index is 619. The Balaban J connectivity index is 2.35. The molecule has 0 atom stereocenters. The van der Waals surface area contributed by atoms with E-state index in [1.54, 1.807) is 12.1 Å². The van der Waals surface area contributed by atoms with Crippen LogP contribution in [0.5, 0.6) is 11.5 Å². The van der Waals surface area contributed by atoms with Crippen molar-refractivity contribution in [2.45, 2.75) is 5.33 Å². The fourth-order valence-electron chi connectivity index (χ4n) is 1.53. The smallest absolute Gasteiger partial charge is 0.270 e. The van der Waals surface area contributed by atoms with Gasteiger partial charge in [-0.05, 0) is 18.2 Å². The molecule has 2 aromatic rings. The monoisotopic (exact) mass is 325 g/mol. The molecule has 0 heterocycles. The van der Waals surface area contributed by atoms with Crippen molar-refractivity contribution in [1.82, 2.24) is 0 Å². The second kappa shape index (κ2) is 5.79. The topological polar surface area (TPSA) is 52.4 Å². The highest BCUT2D eigenvalue weighted by molar-refractivity contribution is 9.08. The Morgan fingerprint density at radius 1 is 1.21 bits per heavy atom. The van der Waals surface area contributed by atoms with Crippen molar-refractivity contribution in [3.8, 4) is 11.5 Å². The minimum atomic E-state index is -0.487. The fraction of sp³-hybridized carbons (Fsp3) is 0.0769. The summed E-state index contributed by atoms with van der Waals surface area (Å²) in [4.78, 5) is 10.2. The summed E-state index contributed by atoms with van der Waals surface area (Å²) in [5.41, 5.74) is 0.549. The molecule has 0 amide bonds. The van der Waals surface area contributed by atoms with E-state index in [0.717, 1.165) is 0 Å². The van der Waals surface area contributed by atoms with Gasteiger partial charge in [0.25, 0.3) is 5.69 Å². The first kappa shape index (κ1) is 13.5. The van der Waals surface area contributed by atoms with E-state index in [9.17, 15) is 14.5 Å². The number of hydrogen-bond acceptors (Lipinski definition) is 3. The van der Waals surface area contributed by atoms with Crippen molar-refractivity contribution in [1.29, 1.82) is 0 Å². The summed E-state index contributed by atoms with van der Waals surface area (Å²) in [6.45, 7) is 0. The molecule has 4 nitrogen and oxygen atoms in total. The molecule has 98 valence electrons. The number of nitrogens with zero attached hydrogens (tertiary/aromatic N) is 1. The number of hydrogen-bond donors (Lipinski definition) is 0. The summed E-state index contributed by atoms with van der Waals surface area (Å²) < 4.78 is 18.9. The van der Waals surface area contributed by atoms with Crippen LogP contribution in [0.2, 0.25) is 0 Å². The maximum Gasteiger partial charge on any atom is 0.270 e. The van der Waals surface area contributed by atoms with Gasteiger partial charge in [-0.25, -0.2) is 4.39 Å². The molecular weight excluding hydrogens is 317 g/mol. The third-order valence-corrected chi connectivity index (χ3v) is 3.06. The molecule has 0 saturated carbocycles. The number of para-hydroxylation sites is 1. The highest BCUT2D eigenvalue weighted by Gasteiger charge is 2.12. The van der Waals surface area contributed by atoms with Gasteiger partial charge in [-0.1, -0.05) is 28.1 Å². The van der Waals surface area contributed by atoms with Gasteiger partial charge in [0.2, 0.25) is 0 Å². The maximum atomic E-state index is 13.5. The Morgan fingerprint density at radius 3 is 2.58 bits per heavy atom. The van der Waals surface area contributed by atoms with Crippen molar-refractivity contribution >= 4 is 21.6 Å². The van der Waals surface area contributed by atoms with Gasteiger partial charge in [-0.3, -0.25) is 10.1 Å². The van der Waals surface area contributed by atoms with E-state index >= 15 is 0 Å². The Morgan fingerprint density at radius 2 is 1.95 bits per heavy atom. The molecule has 0 fully saturated rings. The summed E-state index contributed by atoms with van der Waals surface area (Å²) in [7, 11) is 0. The summed E-state index contributed by atoms with van der Waals surface area (Å²) in [5, 5.41) is 11.1. The molecule has 0 saturated heterocycles. The lowest BCUT2D eigenvalue weighted by atomic mass is 10.2. The molecular formula is C13H9BrFNO3. The van der Waals surface area contributed by atoms with Crippen LogP contribution in [0.1, 0.15) is 5.56 Å². The molecule has 0 radical (unpaired) electrons. The number of nitro benzene ring substituents is 1. The van der Waals surface area contributed by atoms with Gasteiger partial charge in [-0.15, -0.1) is 0 Å². The van der Waals surface area contributed by atoms with Crippen molar-refractivity contribution in [2.24, 2.45) is 0 Å². The standard InChI is InChI=1S/C13H9BrFNO3/c14-8-9-7-10(16(17)18)5-6-12(9)19-13-4-2-1-3-11(13)15/h1-7H,8H2. The van der Waals surface area contributed by atoms with E-state index in [1.807, 2.05) is 0 Å². The van der Waals surface area contributed by atoms with Crippen LogP contribution in [0.3, 0.4) is 0 Å². The second-order valence-electron chi connectivity index (χ2n) is 3.72. The average molecular weight is 326 g/mol. The number of alkyl halides is 1. The second-order valence-corrected chi connectivity index (χ2v) is 4.28. The highest BCUT2D eigenvalue weighted by Crippen LogP contribution is 2.31. The zero-order valence-electron chi connectivity index (χ0n) is 9.68. The molecule has 0 aliphatic carbocycles. The zero-order chi connectivity index (χ0) is 13.8. The summed E-state index contributed by atoms with van der Waals surface area (Å²) >= 11 is 3.23. The zero-order valence-corrected chi connectivity index (χ0v) is 11.3. The fourth-order valence-corrected chi connectivity index (χ4v) is 1.97.